The number of guanidine groups is 1. The minimum absolute atomic E-state index is 0.105. The van der Waals surface area contributed by atoms with Crippen molar-refractivity contribution in [2.45, 2.75) is 31.6 Å². The number of nitrogens with zero attached hydrogens (tertiary/aromatic N) is 2. The third kappa shape index (κ3) is 4.41. The molecule has 0 spiro atoms. The summed E-state index contributed by atoms with van der Waals surface area (Å²) in [5.41, 5.74) is 0. The van der Waals surface area contributed by atoms with Gasteiger partial charge in [0, 0.05) is 24.5 Å². The van der Waals surface area contributed by atoms with Crippen LogP contribution in [0.4, 0.5) is 0 Å². The zero-order valence-corrected chi connectivity index (χ0v) is 16.5. The quantitative estimate of drug-likeness (QED) is 0.603. The molecule has 0 aliphatic carbocycles. The highest BCUT2D eigenvalue weighted by Gasteiger charge is 2.40. The third-order valence-electron chi connectivity index (χ3n) is 4.01. The van der Waals surface area contributed by atoms with E-state index in [0.717, 1.165) is 4.88 Å². The molecule has 1 fully saturated rings. The minimum atomic E-state index is -3.10. The molecule has 1 aromatic heterocycles. The predicted molar refractivity (Wildman–Crippen MR) is 99.7 cm³/mol. The third-order valence-corrected chi connectivity index (χ3v) is 7.88. The Morgan fingerprint density at radius 1 is 1.54 bits per heavy atom. The van der Waals surface area contributed by atoms with Gasteiger partial charge in [0.05, 0.1) is 21.4 Å². The maximum Gasteiger partial charge on any atom is 0.194 e. The Balaban J connectivity index is 2.11. The number of nitrogens with one attached hydrogen (secondary N) is 1. The van der Waals surface area contributed by atoms with Gasteiger partial charge in [0.2, 0.25) is 0 Å². The zero-order chi connectivity index (χ0) is 18.0. The monoisotopic (exact) mass is 393 g/mol. The summed E-state index contributed by atoms with van der Waals surface area (Å²) in [5.74, 6) is 0.732. The minimum Gasteiger partial charge on any atom is -0.386 e. The topological polar surface area (TPSA) is 82.0 Å². The van der Waals surface area contributed by atoms with Crippen molar-refractivity contribution in [3.63, 3.8) is 0 Å². The number of thiophene rings is 1. The molecule has 2 N–H and O–H groups in total. The Morgan fingerprint density at radius 3 is 2.79 bits per heavy atom. The molecule has 24 heavy (non-hydrogen) atoms. The first-order valence-electron chi connectivity index (χ1n) is 7.85. The van der Waals surface area contributed by atoms with Crippen molar-refractivity contribution in [3.05, 3.63) is 21.3 Å². The number of aliphatic hydroxyl groups is 1. The summed E-state index contributed by atoms with van der Waals surface area (Å²) in [6, 6.07) is 3.54. The van der Waals surface area contributed by atoms with Crippen molar-refractivity contribution in [2.24, 2.45) is 4.99 Å². The second-order valence-electron chi connectivity index (χ2n) is 6.35. The maximum absolute atomic E-state index is 12.1. The molecule has 1 aliphatic rings. The molecule has 0 saturated carbocycles. The molecule has 1 atom stereocenters. The van der Waals surface area contributed by atoms with Gasteiger partial charge in [-0.1, -0.05) is 11.6 Å². The Kier molecular flexibility index (Phi) is 6.17. The number of sulfone groups is 1. The van der Waals surface area contributed by atoms with E-state index < -0.39 is 20.7 Å². The molecule has 0 bridgehead atoms. The number of rotatable bonds is 4. The molecule has 0 aromatic carbocycles. The van der Waals surface area contributed by atoms with Crippen molar-refractivity contribution < 1.29 is 13.5 Å². The Morgan fingerprint density at radius 2 is 2.25 bits per heavy atom. The van der Waals surface area contributed by atoms with Crippen LogP contribution in [0.25, 0.3) is 0 Å². The highest BCUT2D eigenvalue weighted by Crippen LogP contribution is 2.27. The van der Waals surface area contributed by atoms with Crippen molar-refractivity contribution in [1.82, 2.24) is 10.2 Å². The van der Waals surface area contributed by atoms with Gasteiger partial charge in [-0.05, 0) is 32.9 Å². The molecule has 0 amide bonds. The highest BCUT2D eigenvalue weighted by atomic mass is 35.5. The van der Waals surface area contributed by atoms with Crippen LogP contribution >= 0.6 is 22.9 Å². The van der Waals surface area contributed by atoms with E-state index in [-0.39, 0.29) is 12.3 Å². The summed E-state index contributed by atoms with van der Waals surface area (Å²) < 4.78 is 24.1. The predicted octanol–water partition coefficient (Wildman–Crippen LogP) is 1.91. The molecule has 1 saturated heterocycles. The molecular weight excluding hydrogens is 370 g/mol. The SMILES string of the molecule is CCNC(=NCC(O)c1ccc(Cl)s1)N1CCS(=O)(=O)C(C)(C)C1. The number of aliphatic hydroxyl groups excluding tert-OH is 1. The van der Waals surface area contributed by atoms with Crippen LogP contribution in [0.15, 0.2) is 17.1 Å². The number of aliphatic imine (C=N–C) groups is 1. The molecule has 2 heterocycles. The Hall–Kier alpha value is -0.830. The van der Waals surface area contributed by atoms with Crippen LogP contribution in [-0.4, -0.2) is 61.1 Å². The van der Waals surface area contributed by atoms with Gasteiger partial charge in [0.25, 0.3) is 0 Å². The maximum atomic E-state index is 12.1. The number of halogens is 1. The smallest absolute Gasteiger partial charge is 0.194 e. The molecule has 2 rings (SSSR count). The van der Waals surface area contributed by atoms with E-state index in [1.165, 1.54) is 11.3 Å². The summed E-state index contributed by atoms with van der Waals surface area (Å²) in [4.78, 5) is 7.19. The van der Waals surface area contributed by atoms with E-state index in [9.17, 15) is 13.5 Å². The highest BCUT2D eigenvalue weighted by molar-refractivity contribution is 7.92. The Labute approximate surface area is 152 Å². The van der Waals surface area contributed by atoms with E-state index in [0.29, 0.717) is 29.9 Å². The van der Waals surface area contributed by atoms with Gasteiger partial charge in [-0.15, -0.1) is 11.3 Å². The van der Waals surface area contributed by atoms with Gasteiger partial charge in [0.1, 0.15) is 6.10 Å². The van der Waals surface area contributed by atoms with Crippen LogP contribution in [-0.2, 0) is 9.84 Å². The first-order chi connectivity index (χ1) is 11.2. The summed E-state index contributed by atoms with van der Waals surface area (Å²) in [7, 11) is -3.10. The zero-order valence-electron chi connectivity index (χ0n) is 14.1. The lowest BCUT2D eigenvalue weighted by Gasteiger charge is -2.39. The standard InChI is InChI=1S/C15H24ClN3O3S2/c1-4-17-14(18-9-11(20)12-5-6-13(16)23-12)19-7-8-24(21,22)15(2,3)10-19/h5-6,11,20H,4,7-10H2,1-3H3,(H,17,18). The van der Waals surface area contributed by atoms with Crippen molar-refractivity contribution in [1.29, 1.82) is 0 Å². The molecule has 136 valence electrons. The van der Waals surface area contributed by atoms with E-state index in [1.54, 1.807) is 26.0 Å². The molecule has 9 heteroatoms. The van der Waals surface area contributed by atoms with E-state index in [2.05, 4.69) is 10.3 Å². The van der Waals surface area contributed by atoms with Crippen molar-refractivity contribution >= 4 is 38.7 Å². The first-order valence-corrected chi connectivity index (χ1v) is 10.7. The van der Waals surface area contributed by atoms with Crippen LogP contribution in [0.5, 0.6) is 0 Å². The van der Waals surface area contributed by atoms with Crippen LogP contribution in [0.3, 0.4) is 0 Å². The van der Waals surface area contributed by atoms with Crippen LogP contribution in [0, 0.1) is 0 Å². The fourth-order valence-electron chi connectivity index (χ4n) is 2.52. The molecular formula is C15H24ClN3O3S2. The van der Waals surface area contributed by atoms with Gasteiger partial charge in [-0.2, -0.15) is 0 Å². The van der Waals surface area contributed by atoms with Crippen molar-refractivity contribution in [2.75, 3.05) is 31.9 Å². The number of hydrogen-bond acceptors (Lipinski definition) is 5. The van der Waals surface area contributed by atoms with Gasteiger partial charge in [-0.3, -0.25) is 4.99 Å². The molecule has 1 unspecified atom stereocenters. The van der Waals surface area contributed by atoms with Crippen LogP contribution in [0.1, 0.15) is 31.8 Å². The van der Waals surface area contributed by atoms with Gasteiger partial charge in [-0.25, -0.2) is 8.42 Å². The lowest BCUT2D eigenvalue weighted by Crippen LogP contribution is -2.57. The average Bonchev–Trinajstić information content (AvgIpc) is 2.93. The second-order valence-corrected chi connectivity index (χ2v) is 10.8. The fourth-order valence-corrected chi connectivity index (χ4v) is 4.92. The molecule has 1 aromatic rings. The van der Waals surface area contributed by atoms with E-state index >= 15 is 0 Å². The van der Waals surface area contributed by atoms with Crippen LogP contribution in [0.2, 0.25) is 4.34 Å². The van der Waals surface area contributed by atoms with Gasteiger partial charge >= 0.3 is 0 Å². The van der Waals surface area contributed by atoms with Gasteiger partial charge < -0.3 is 15.3 Å². The van der Waals surface area contributed by atoms with Gasteiger partial charge in [0.15, 0.2) is 15.8 Å². The molecule has 6 nitrogen and oxygen atoms in total. The molecule has 1 aliphatic heterocycles. The summed E-state index contributed by atoms with van der Waals surface area (Å²) in [6.45, 7) is 7.07. The average molecular weight is 394 g/mol. The normalized spacial score (nSPS) is 21.5. The first kappa shape index (κ1) is 19.5. The van der Waals surface area contributed by atoms with E-state index in [1.807, 2.05) is 11.8 Å². The van der Waals surface area contributed by atoms with Crippen LogP contribution < -0.4 is 5.32 Å². The summed E-state index contributed by atoms with van der Waals surface area (Å²) >= 11 is 7.22. The lowest BCUT2D eigenvalue weighted by molar-refractivity contribution is 0.190. The summed E-state index contributed by atoms with van der Waals surface area (Å²) in [6.07, 6.45) is -0.724. The summed E-state index contributed by atoms with van der Waals surface area (Å²) in [5, 5.41) is 13.4. The number of hydrogen-bond donors (Lipinski definition) is 2. The van der Waals surface area contributed by atoms with Crippen molar-refractivity contribution in [3.8, 4) is 0 Å². The van der Waals surface area contributed by atoms with E-state index in [4.69, 9.17) is 11.6 Å². The Bertz CT molecular complexity index is 701. The molecule has 0 radical (unpaired) electrons. The fraction of sp³-hybridized carbons (Fsp3) is 0.667. The lowest BCUT2D eigenvalue weighted by atomic mass is 10.2. The second kappa shape index (κ2) is 7.59. The largest absolute Gasteiger partial charge is 0.386 e.